The molecule has 2 aromatic carbocycles. The van der Waals surface area contributed by atoms with Crippen molar-refractivity contribution in [3.05, 3.63) is 59.1 Å². The highest BCUT2D eigenvalue weighted by Crippen LogP contribution is 2.64. The lowest BCUT2D eigenvalue weighted by molar-refractivity contribution is 0.295. The number of benzene rings is 2. The Morgan fingerprint density at radius 1 is 1.11 bits per heavy atom. The van der Waals surface area contributed by atoms with E-state index in [1.165, 1.54) is 0 Å². The molecule has 0 amide bonds. The maximum absolute atomic E-state index is 6.49. The van der Waals surface area contributed by atoms with E-state index in [9.17, 15) is 0 Å². The third-order valence-electron chi connectivity index (χ3n) is 5.25. The monoisotopic (exact) mass is 455 g/mol. The molecule has 2 unspecified atom stereocenters. The molecule has 1 saturated carbocycles. The molecule has 0 bridgehead atoms. The number of alkyl halides is 2. The van der Waals surface area contributed by atoms with Gasteiger partial charge in [-0.15, -0.1) is 23.2 Å². The van der Waals surface area contributed by atoms with Gasteiger partial charge in [0.25, 0.3) is 5.17 Å². The molecule has 7 heteroatoms. The van der Waals surface area contributed by atoms with Gasteiger partial charge in [0.2, 0.25) is 0 Å². The molecule has 2 fully saturated rings. The Labute approximate surface area is 185 Å². The van der Waals surface area contributed by atoms with Crippen molar-refractivity contribution in [3.63, 3.8) is 0 Å². The normalized spacial score (nSPS) is 22.8. The second-order valence-corrected chi connectivity index (χ2v) is 9.34. The van der Waals surface area contributed by atoms with Gasteiger partial charge < -0.3 is 14.4 Å². The molecule has 4 rings (SSSR count). The number of ether oxygens (including phenoxy) is 2. The number of nitrogens with zero attached hydrogens (tertiary/aromatic N) is 1. The summed E-state index contributed by atoms with van der Waals surface area (Å²) < 4.78 is 10.9. The highest BCUT2D eigenvalue weighted by Gasteiger charge is 2.64. The number of thiocarbonyl (C=S) groups is 1. The van der Waals surface area contributed by atoms with Crippen molar-refractivity contribution in [2.45, 2.75) is 23.1 Å². The van der Waals surface area contributed by atoms with Crippen LogP contribution < -0.4 is 9.47 Å². The Kier molecular flexibility index (Phi) is 5.93. The zero-order valence-electron chi connectivity index (χ0n) is 15.1. The molecule has 1 saturated heterocycles. The van der Waals surface area contributed by atoms with Crippen molar-refractivity contribution in [2.75, 3.05) is 19.7 Å². The van der Waals surface area contributed by atoms with E-state index in [0.717, 1.165) is 31.5 Å². The van der Waals surface area contributed by atoms with Crippen LogP contribution in [0.25, 0.3) is 0 Å². The highest BCUT2D eigenvalue weighted by atomic mass is 35.5. The highest BCUT2D eigenvalue weighted by molar-refractivity contribution is 7.80. The Balaban J connectivity index is 1.40. The molecule has 0 aromatic heterocycles. The molecule has 0 N–H and O–H groups in total. The minimum atomic E-state index is -0.834. The Hall–Kier alpha value is -1.20. The average molecular weight is 457 g/mol. The quantitative estimate of drug-likeness (QED) is 0.402. The van der Waals surface area contributed by atoms with Crippen LogP contribution in [-0.4, -0.2) is 34.1 Å². The molecule has 2 atom stereocenters. The minimum Gasteiger partial charge on any atom is -0.491 e. The van der Waals surface area contributed by atoms with E-state index < -0.39 is 4.33 Å². The van der Waals surface area contributed by atoms with Gasteiger partial charge in [0, 0.05) is 31.0 Å². The molecule has 1 aliphatic carbocycles. The zero-order valence-corrected chi connectivity index (χ0v) is 18.2. The summed E-state index contributed by atoms with van der Waals surface area (Å²) in [6.45, 7) is 2.24. The maximum Gasteiger partial charge on any atom is 0.264 e. The third-order valence-corrected chi connectivity index (χ3v) is 6.94. The molecular weight excluding hydrogens is 437 g/mol. The Bertz CT molecular complexity index is 856. The molecule has 3 nitrogen and oxygen atoms in total. The van der Waals surface area contributed by atoms with Crippen LogP contribution in [-0.2, 0) is 0 Å². The van der Waals surface area contributed by atoms with Crippen molar-refractivity contribution in [3.8, 4) is 11.5 Å². The first kappa shape index (κ1) is 20.1. The van der Waals surface area contributed by atoms with Crippen LogP contribution in [0.3, 0.4) is 0 Å². The molecule has 28 heavy (non-hydrogen) atoms. The van der Waals surface area contributed by atoms with Crippen LogP contribution in [0.1, 0.15) is 24.3 Å². The van der Waals surface area contributed by atoms with Gasteiger partial charge in [0.1, 0.15) is 15.8 Å². The van der Waals surface area contributed by atoms with Gasteiger partial charge >= 0.3 is 0 Å². The van der Waals surface area contributed by atoms with E-state index in [4.69, 9.17) is 56.5 Å². The molecule has 1 heterocycles. The second-order valence-electron chi connectivity index (χ2n) is 7.13. The number of rotatable bonds is 5. The van der Waals surface area contributed by atoms with E-state index in [-0.39, 0.29) is 11.8 Å². The van der Waals surface area contributed by atoms with Crippen molar-refractivity contribution in [1.82, 2.24) is 4.90 Å². The lowest BCUT2D eigenvalue weighted by Crippen LogP contribution is -2.30. The van der Waals surface area contributed by atoms with Gasteiger partial charge in [0.05, 0.1) is 11.6 Å². The van der Waals surface area contributed by atoms with Gasteiger partial charge in [-0.3, -0.25) is 0 Å². The minimum absolute atomic E-state index is 0.00968. The Morgan fingerprint density at radius 2 is 1.82 bits per heavy atom. The van der Waals surface area contributed by atoms with Crippen molar-refractivity contribution >= 4 is 52.2 Å². The first-order chi connectivity index (χ1) is 13.5. The standard InChI is InChI=1S/C21H20Cl3NO2S/c22-17-9-8-15(27-20(28)25-10-4-5-11-25)12-18(17)26-13-16-19(21(16,23)24)14-6-2-1-3-7-14/h1-3,6-9,12,16,19H,4-5,10-11,13H2. The first-order valence-electron chi connectivity index (χ1n) is 9.28. The van der Waals surface area contributed by atoms with E-state index >= 15 is 0 Å². The molecule has 0 radical (unpaired) electrons. The molecule has 148 valence electrons. The summed E-state index contributed by atoms with van der Waals surface area (Å²) in [7, 11) is 0. The number of hydrogen-bond acceptors (Lipinski definition) is 3. The van der Waals surface area contributed by atoms with Gasteiger partial charge in [-0.05, 0) is 42.8 Å². The summed E-state index contributed by atoms with van der Waals surface area (Å²) >= 11 is 24.7. The van der Waals surface area contributed by atoms with Crippen LogP contribution in [0.15, 0.2) is 48.5 Å². The summed E-state index contributed by atoms with van der Waals surface area (Å²) in [5, 5.41) is 0.990. The lowest BCUT2D eigenvalue weighted by Gasteiger charge is -2.18. The van der Waals surface area contributed by atoms with E-state index in [0.29, 0.717) is 28.3 Å². The fourth-order valence-corrected chi connectivity index (χ4v) is 4.87. The molecular formula is C21H20Cl3NO2S. The first-order valence-corrected chi connectivity index (χ1v) is 10.8. The summed E-state index contributed by atoms with van der Waals surface area (Å²) in [5.41, 5.74) is 1.11. The smallest absolute Gasteiger partial charge is 0.264 e. The Morgan fingerprint density at radius 3 is 2.54 bits per heavy atom. The van der Waals surface area contributed by atoms with Crippen LogP contribution in [0, 0.1) is 5.92 Å². The molecule has 0 spiro atoms. The molecule has 2 aromatic rings. The molecule has 1 aliphatic heterocycles. The van der Waals surface area contributed by atoms with Crippen LogP contribution in [0.4, 0.5) is 0 Å². The fourth-order valence-electron chi connectivity index (χ4n) is 3.61. The summed E-state index contributed by atoms with van der Waals surface area (Å²) in [5.74, 6) is 1.17. The number of halogens is 3. The van der Waals surface area contributed by atoms with E-state index in [1.807, 2.05) is 30.3 Å². The zero-order chi connectivity index (χ0) is 19.7. The summed E-state index contributed by atoms with van der Waals surface area (Å²) in [6, 6.07) is 15.3. The number of likely N-dealkylation sites (tertiary alicyclic amines) is 1. The van der Waals surface area contributed by atoms with Gasteiger partial charge in [-0.2, -0.15) is 0 Å². The SMILES string of the molecule is S=C(Oc1ccc(Cl)c(OCC2C(c3ccccc3)C2(Cl)Cl)c1)N1CCCC1. The maximum atomic E-state index is 6.49. The third kappa shape index (κ3) is 4.20. The van der Waals surface area contributed by atoms with Gasteiger partial charge in [-0.1, -0.05) is 41.9 Å². The largest absolute Gasteiger partial charge is 0.491 e. The van der Waals surface area contributed by atoms with Gasteiger partial charge in [0.15, 0.2) is 0 Å². The predicted molar refractivity (Wildman–Crippen MR) is 118 cm³/mol. The van der Waals surface area contributed by atoms with Gasteiger partial charge in [-0.25, -0.2) is 0 Å². The lowest BCUT2D eigenvalue weighted by atomic mass is 10.1. The van der Waals surface area contributed by atoms with E-state index in [2.05, 4.69) is 4.90 Å². The van der Waals surface area contributed by atoms with Crippen molar-refractivity contribution in [1.29, 1.82) is 0 Å². The van der Waals surface area contributed by atoms with Crippen LogP contribution in [0.2, 0.25) is 5.02 Å². The summed E-state index contributed by atoms with van der Waals surface area (Å²) in [6.07, 6.45) is 2.28. The predicted octanol–water partition coefficient (Wildman–Crippen LogP) is 6.07. The average Bonchev–Trinajstić information content (AvgIpc) is 3.04. The second kappa shape index (κ2) is 8.27. The van der Waals surface area contributed by atoms with Crippen LogP contribution in [0.5, 0.6) is 11.5 Å². The van der Waals surface area contributed by atoms with E-state index in [1.54, 1.807) is 18.2 Å². The van der Waals surface area contributed by atoms with Crippen LogP contribution >= 0.6 is 47.0 Å². The topological polar surface area (TPSA) is 21.7 Å². The summed E-state index contributed by atoms with van der Waals surface area (Å²) in [4.78, 5) is 2.06. The fraction of sp³-hybridized carbons (Fsp3) is 0.381. The molecule has 2 aliphatic rings. The van der Waals surface area contributed by atoms with Crippen molar-refractivity contribution < 1.29 is 9.47 Å². The number of hydrogen-bond donors (Lipinski definition) is 0. The van der Waals surface area contributed by atoms with Crippen molar-refractivity contribution in [2.24, 2.45) is 5.92 Å².